The molecule has 0 aliphatic heterocycles. The largest absolute Gasteiger partial charge is 0.508 e. The van der Waals surface area contributed by atoms with Gasteiger partial charge in [-0.3, -0.25) is 4.79 Å². The van der Waals surface area contributed by atoms with Crippen molar-refractivity contribution >= 4 is 16.8 Å². The summed E-state index contributed by atoms with van der Waals surface area (Å²) in [4.78, 5) is 13.6. The number of phenols is 1. The molecule has 8 heteroatoms. The first-order valence-corrected chi connectivity index (χ1v) is 14.8. The van der Waals surface area contributed by atoms with Gasteiger partial charge in [0.15, 0.2) is 0 Å². The highest BCUT2D eigenvalue weighted by Gasteiger charge is 2.18. The first-order chi connectivity index (χ1) is 21.4. The van der Waals surface area contributed by atoms with Gasteiger partial charge in [0.1, 0.15) is 17.2 Å². The average Bonchev–Trinajstić information content (AvgIpc) is 3.40. The smallest absolute Gasteiger partial charge is 0.268 e. The molecule has 228 valence electrons. The summed E-state index contributed by atoms with van der Waals surface area (Å²) in [6, 6.07) is 30.8. The van der Waals surface area contributed by atoms with Crippen molar-refractivity contribution in [2.45, 2.75) is 45.2 Å². The molecule has 0 saturated heterocycles. The molecular formula is C36H39N3O5. The third kappa shape index (κ3) is 7.29. The number of aromatic nitrogens is 1. The number of fused-ring (bicyclic) bond motifs is 1. The lowest BCUT2D eigenvalue weighted by atomic mass is 10.0. The Morgan fingerprint density at radius 2 is 1.68 bits per heavy atom. The lowest BCUT2D eigenvalue weighted by Gasteiger charge is -2.18. The molecule has 5 rings (SSSR count). The molecule has 0 aliphatic carbocycles. The van der Waals surface area contributed by atoms with Crippen LogP contribution < -0.4 is 15.4 Å². The summed E-state index contributed by atoms with van der Waals surface area (Å²) >= 11 is 0. The van der Waals surface area contributed by atoms with Gasteiger partial charge in [0.2, 0.25) is 0 Å². The number of carbonyl (C=O) groups is 1. The van der Waals surface area contributed by atoms with E-state index < -0.39 is 6.10 Å². The molecular weight excluding hydrogens is 554 g/mol. The highest BCUT2D eigenvalue weighted by molar-refractivity contribution is 5.99. The van der Waals surface area contributed by atoms with Crippen LogP contribution in [0, 0.1) is 0 Å². The van der Waals surface area contributed by atoms with E-state index >= 15 is 0 Å². The SMILES string of the molecule is COc1ccccc1CNC(=O)c1cc2cc(C[C@@H](C)NC[C@H](O)c3ccc(O)c(CO)c3)ccc2n1Cc1ccccc1. The van der Waals surface area contributed by atoms with Gasteiger partial charge in [-0.2, -0.15) is 0 Å². The number of aliphatic hydroxyl groups excluding tert-OH is 2. The summed E-state index contributed by atoms with van der Waals surface area (Å²) in [6.45, 7) is 3.00. The fourth-order valence-electron chi connectivity index (χ4n) is 5.48. The Labute approximate surface area is 257 Å². The van der Waals surface area contributed by atoms with E-state index in [2.05, 4.69) is 52.5 Å². The maximum absolute atomic E-state index is 13.6. The van der Waals surface area contributed by atoms with Gasteiger partial charge < -0.3 is 35.3 Å². The van der Waals surface area contributed by atoms with E-state index in [4.69, 9.17) is 4.74 Å². The Balaban J connectivity index is 1.32. The Morgan fingerprint density at radius 3 is 2.45 bits per heavy atom. The van der Waals surface area contributed by atoms with Crippen LogP contribution in [0.25, 0.3) is 10.9 Å². The second-order valence-corrected chi connectivity index (χ2v) is 11.1. The lowest BCUT2D eigenvalue weighted by Crippen LogP contribution is -2.32. The maximum atomic E-state index is 13.6. The van der Waals surface area contributed by atoms with Crippen LogP contribution >= 0.6 is 0 Å². The van der Waals surface area contributed by atoms with Crippen molar-refractivity contribution in [1.29, 1.82) is 0 Å². The van der Waals surface area contributed by atoms with Crippen LogP contribution in [0.5, 0.6) is 11.5 Å². The van der Waals surface area contributed by atoms with Crippen molar-refractivity contribution in [2.75, 3.05) is 13.7 Å². The number of rotatable bonds is 13. The Bertz CT molecular complexity index is 1720. The highest BCUT2D eigenvalue weighted by Crippen LogP contribution is 2.25. The average molecular weight is 594 g/mol. The van der Waals surface area contributed by atoms with E-state index in [0.717, 1.165) is 39.8 Å². The van der Waals surface area contributed by atoms with Crippen LogP contribution in [0.1, 0.15) is 51.3 Å². The first kappa shape index (κ1) is 30.8. The molecule has 1 aromatic heterocycles. The molecule has 5 aromatic rings. The van der Waals surface area contributed by atoms with Crippen LogP contribution in [-0.2, 0) is 26.1 Å². The molecule has 2 atom stereocenters. The number of aromatic hydroxyl groups is 1. The third-order valence-corrected chi connectivity index (χ3v) is 7.87. The Hall–Kier alpha value is -4.63. The minimum absolute atomic E-state index is 0.00911. The van der Waals surface area contributed by atoms with Gasteiger partial charge in [-0.25, -0.2) is 0 Å². The molecule has 44 heavy (non-hydrogen) atoms. The topological polar surface area (TPSA) is 116 Å². The fraction of sp³-hybridized carbons (Fsp3) is 0.250. The number of hydrogen-bond donors (Lipinski definition) is 5. The normalized spacial score (nSPS) is 12.6. The number of methoxy groups -OCH3 is 1. The van der Waals surface area contributed by atoms with Gasteiger partial charge in [-0.15, -0.1) is 0 Å². The summed E-state index contributed by atoms with van der Waals surface area (Å²) in [6.07, 6.45) is -0.0611. The standard InChI is InChI=1S/C36H39N3O5/c1-24(37-21-34(42)27-13-15-33(41)30(18-27)23-40)16-26-12-14-31-29(17-26)19-32(39(31)22-25-8-4-3-5-9-25)36(43)38-20-28-10-6-7-11-35(28)44-2/h3-15,17-19,24,34,37,40-42H,16,20-23H2,1-2H3,(H,38,43)/t24-,34+/m1/s1. The number of aliphatic hydroxyl groups is 2. The van der Waals surface area contributed by atoms with Crippen LogP contribution in [0.4, 0.5) is 0 Å². The third-order valence-electron chi connectivity index (χ3n) is 7.87. The molecule has 0 unspecified atom stereocenters. The van der Waals surface area contributed by atoms with Crippen molar-refractivity contribution in [1.82, 2.24) is 15.2 Å². The van der Waals surface area contributed by atoms with E-state index in [-0.39, 0.29) is 24.3 Å². The molecule has 4 aromatic carbocycles. The molecule has 0 fully saturated rings. The number of nitrogens with one attached hydrogen (secondary N) is 2. The van der Waals surface area contributed by atoms with Crippen molar-refractivity contribution in [2.24, 2.45) is 0 Å². The minimum atomic E-state index is -0.783. The van der Waals surface area contributed by atoms with Crippen LogP contribution in [0.15, 0.2) is 97.1 Å². The number of para-hydroxylation sites is 1. The molecule has 5 N–H and O–H groups in total. The lowest BCUT2D eigenvalue weighted by molar-refractivity contribution is 0.0942. The Kier molecular flexibility index (Phi) is 9.96. The summed E-state index contributed by atoms with van der Waals surface area (Å²) < 4.78 is 7.51. The van der Waals surface area contributed by atoms with Gasteiger partial charge >= 0.3 is 0 Å². The van der Waals surface area contributed by atoms with Crippen molar-refractivity contribution in [3.63, 3.8) is 0 Å². The zero-order chi connectivity index (χ0) is 31.1. The highest BCUT2D eigenvalue weighted by atomic mass is 16.5. The molecule has 0 spiro atoms. The van der Waals surface area contributed by atoms with E-state index in [1.165, 1.54) is 6.07 Å². The predicted molar refractivity (Wildman–Crippen MR) is 172 cm³/mol. The second-order valence-electron chi connectivity index (χ2n) is 11.1. The van der Waals surface area contributed by atoms with E-state index in [1.54, 1.807) is 19.2 Å². The summed E-state index contributed by atoms with van der Waals surface area (Å²) in [7, 11) is 1.62. The molecule has 0 radical (unpaired) electrons. The fourth-order valence-corrected chi connectivity index (χ4v) is 5.48. The van der Waals surface area contributed by atoms with Crippen molar-refractivity contribution in [3.05, 3.63) is 131 Å². The van der Waals surface area contributed by atoms with E-state index in [0.29, 0.717) is 36.5 Å². The molecule has 0 saturated carbocycles. The van der Waals surface area contributed by atoms with E-state index in [9.17, 15) is 20.1 Å². The van der Waals surface area contributed by atoms with Crippen LogP contribution in [0.3, 0.4) is 0 Å². The second kappa shape index (κ2) is 14.2. The summed E-state index contributed by atoms with van der Waals surface area (Å²) in [5, 5.41) is 37.3. The van der Waals surface area contributed by atoms with Crippen LogP contribution in [-0.4, -0.2) is 45.5 Å². The molecule has 0 bridgehead atoms. The number of nitrogens with zero attached hydrogens (tertiary/aromatic N) is 1. The maximum Gasteiger partial charge on any atom is 0.268 e. The van der Waals surface area contributed by atoms with Crippen molar-refractivity contribution < 1.29 is 24.9 Å². The minimum Gasteiger partial charge on any atom is -0.508 e. The zero-order valence-corrected chi connectivity index (χ0v) is 25.0. The van der Waals surface area contributed by atoms with Crippen molar-refractivity contribution in [3.8, 4) is 11.5 Å². The Morgan fingerprint density at radius 1 is 0.909 bits per heavy atom. The zero-order valence-electron chi connectivity index (χ0n) is 25.0. The monoisotopic (exact) mass is 593 g/mol. The van der Waals surface area contributed by atoms with Gasteiger partial charge in [-0.1, -0.05) is 60.7 Å². The van der Waals surface area contributed by atoms with Gasteiger partial charge in [-0.05, 0) is 66.4 Å². The predicted octanol–water partition coefficient (Wildman–Crippen LogP) is 5.08. The number of ether oxygens (including phenoxy) is 1. The van der Waals surface area contributed by atoms with Gasteiger partial charge in [0.05, 0.1) is 19.8 Å². The van der Waals surface area contributed by atoms with Crippen LogP contribution in [0.2, 0.25) is 0 Å². The number of amides is 1. The van der Waals surface area contributed by atoms with Gasteiger partial charge in [0, 0.05) is 47.7 Å². The molecule has 1 amide bonds. The number of hydrogen-bond acceptors (Lipinski definition) is 6. The quantitative estimate of drug-likeness (QED) is 0.130. The first-order valence-electron chi connectivity index (χ1n) is 14.8. The number of benzene rings is 4. The summed E-state index contributed by atoms with van der Waals surface area (Å²) in [5.41, 5.74) is 5.69. The van der Waals surface area contributed by atoms with Gasteiger partial charge in [0.25, 0.3) is 5.91 Å². The summed E-state index contributed by atoms with van der Waals surface area (Å²) in [5.74, 6) is 0.581. The molecule has 1 heterocycles. The molecule has 8 nitrogen and oxygen atoms in total. The van der Waals surface area contributed by atoms with E-state index in [1.807, 2.05) is 48.5 Å². The number of carbonyl (C=O) groups excluding carboxylic acids is 1. The molecule has 0 aliphatic rings.